The fourth-order valence-corrected chi connectivity index (χ4v) is 3.74. The van der Waals surface area contributed by atoms with Gasteiger partial charge in [-0.15, -0.1) is 0 Å². The third-order valence-corrected chi connectivity index (χ3v) is 5.56. The Bertz CT molecular complexity index is 760. The first kappa shape index (κ1) is 18.6. The van der Waals surface area contributed by atoms with Crippen LogP contribution < -0.4 is 5.32 Å². The summed E-state index contributed by atoms with van der Waals surface area (Å²) in [6.45, 7) is 6.52. The van der Waals surface area contributed by atoms with Crippen LogP contribution >= 0.6 is 0 Å². The van der Waals surface area contributed by atoms with Crippen LogP contribution in [-0.2, 0) is 7.05 Å². The number of amides is 1. The molecule has 1 aliphatic heterocycles. The first-order valence-corrected chi connectivity index (χ1v) is 9.38. The van der Waals surface area contributed by atoms with E-state index < -0.39 is 0 Å². The van der Waals surface area contributed by atoms with Crippen molar-refractivity contribution in [1.29, 1.82) is 0 Å². The van der Waals surface area contributed by atoms with Crippen LogP contribution in [-0.4, -0.2) is 35.0 Å². The molecule has 1 fully saturated rings. The van der Waals surface area contributed by atoms with Gasteiger partial charge in [0, 0.05) is 25.0 Å². The molecule has 1 atom stereocenters. The minimum absolute atomic E-state index is 0.0460. The van der Waals surface area contributed by atoms with Gasteiger partial charge in [-0.2, -0.15) is 0 Å². The highest BCUT2D eigenvalue weighted by Gasteiger charge is 2.24. The van der Waals surface area contributed by atoms with Gasteiger partial charge in [0.2, 0.25) is 0 Å². The Morgan fingerprint density at radius 3 is 2.38 bits per heavy atom. The van der Waals surface area contributed by atoms with E-state index in [1.165, 1.54) is 31.4 Å². The van der Waals surface area contributed by atoms with E-state index in [0.29, 0.717) is 6.54 Å². The summed E-state index contributed by atoms with van der Waals surface area (Å²) < 4.78 is 15.4. The van der Waals surface area contributed by atoms with Gasteiger partial charge in [-0.3, -0.25) is 9.69 Å². The molecule has 2 aromatic rings. The third-order valence-electron chi connectivity index (χ3n) is 5.56. The molecule has 0 spiro atoms. The zero-order valence-corrected chi connectivity index (χ0v) is 15.9. The predicted molar refractivity (Wildman–Crippen MR) is 102 cm³/mol. The quantitative estimate of drug-likeness (QED) is 0.885. The summed E-state index contributed by atoms with van der Waals surface area (Å²) in [5, 5.41) is 3.10. The molecule has 1 aromatic carbocycles. The summed E-state index contributed by atoms with van der Waals surface area (Å²) in [5.74, 6) is -0.277. The Kier molecular flexibility index (Phi) is 5.77. The van der Waals surface area contributed by atoms with E-state index in [9.17, 15) is 9.18 Å². The predicted octanol–water partition coefficient (Wildman–Crippen LogP) is 3.74. The normalized spacial score (nSPS) is 16.5. The highest BCUT2D eigenvalue weighted by atomic mass is 19.1. The number of aryl methyl sites for hydroxylation is 1. The molecule has 140 valence electrons. The molecule has 2 heterocycles. The summed E-state index contributed by atoms with van der Waals surface area (Å²) >= 11 is 0. The van der Waals surface area contributed by atoms with Crippen LogP contribution in [0.15, 0.2) is 30.3 Å². The van der Waals surface area contributed by atoms with Crippen LogP contribution in [0.1, 0.15) is 52.6 Å². The highest BCUT2D eigenvalue weighted by molar-refractivity contribution is 5.95. The second-order valence-electron chi connectivity index (χ2n) is 7.22. The van der Waals surface area contributed by atoms with Gasteiger partial charge in [-0.25, -0.2) is 4.39 Å². The van der Waals surface area contributed by atoms with Gasteiger partial charge in [-0.05, 0) is 63.5 Å². The molecule has 1 aliphatic rings. The molecular weight excluding hydrogens is 329 g/mol. The van der Waals surface area contributed by atoms with E-state index in [-0.39, 0.29) is 17.8 Å². The fourth-order valence-electron chi connectivity index (χ4n) is 3.74. The van der Waals surface area contributed by atoms with Crippen molar-refractivity contribution in [2.45, 2.75) is 39.2 Å². The minimum atomic E-state index is -0.231. The average Bonchev–Trinajstić information content (AvgIpc) is 2.91. The number of benzene rings is 1. The van der Waals surface area contributed by atoms with Crippen molar-refractivity contribution in [2.75, 3.05) is 19.6 Å². The second kappa shape index (κ2) is 8.04. The third kappa shape index (κ3) is 3.98. The van der Waals surface area contributed by atoms with E-state index in [4.69, 9.17) is 0 Å². The zero-order chi connectivity index (χ0) is 18.7. The van der Waals surface area contributed by atoms with Gasteiger partial charge >= 0.3 is 0 Å². The van der Waals surface area contributed by atoms with E-state index in [1.807, 2.05) is 43.7 Å². The van der Waals surface area contributed by atoms with Crippen molar-refractivity contribution in [3.05, 3.63) is 58.7 Å². The number of halogens is 1. The molecule has 0 aliphatic carbocycles. The first-order chi connectivity index (χ1) is 12.5. The Hall–Kier alpha value is -2.14. The van der Waals surface area contributed by atoms with Crippen molar-refractivity contribution >= 4 is 5.91 Å². The molecule has 26 heavy (non-hydrogen) atoms. The second-order valence-corrected chi connectivity index (χ2v) is 7.22. The number of nitrogens with zero attached hydrogens (tertiary/aromatic N) is 2. The van der Waals surface area contributed by atoms with Crippen LogP contribution in [0.25, 0.3) is 0 Å². The molecule has 1 unspecified atom stereocenters. The van der Waals surface area contributed by atoms with Crippen LogP contribution in [0.3, 0.4) is 0 Å². The number of piperidine rings is 1. The van der Waals surface area contributed by atoms with E-state index in [0.717, 1.165) is 35.6 Å². The SMILES string of the molecule is Cc1cc(C(=O)NCC(c2ccc(F)cc2)N2CCCCC2)c(C)n1C. The molecule has 0 saturated carbocycles. The summed E-state index contributed by atoms with van der Waals surface area (Å²) in [5.41, 5.74) is 3.81. The number of nitrogens with one attached hydrogen (secondary N) is 1. The summed E-state index contributed by atoms with van der Waals surface area (Å²) in [4.78, 5) is 15.1. The maximum absolute atomic E-state index is 13.3. The van der Waals surface area contributed by atoms with Crippen molar-refractivity contribution in [3.8, 4) is 0 Å². The smallest absolute Gasteiger partial charge is 0.253 e. The van der Waals surface area contributed by atoms with E-state index in [1.54, 1.807) is 0 Å². The number of rotatable bonds is 5. The van der Waals surface area contributed by atoms with Gasteiger partial charge < -0.3 is 9.88 Å². The lowest BCUT2D eigenvalue weighted by Crippen LogP contribution is -2.40. The lowest BCUT2D eigenvalue weighted by Gasteiger charge is -2.35. The number of hydrogen-bond acceptors (Lipinski definition) is 2. The van der Waals surface area contributed by atoms with Gasteiger partial charge in [0.25, 0.3) is 5.91 Å². The van der Waals surface area contributed by atoms with Gasteiger partial charge in [0.15, 0.2) is 0 Å². The van der Waals surface area contributed by atoms with Gasteiger partial charge in [0.1, 0.15) is 5.82 Å². The summed E-state index contributed by atoms with van der Waals surface area (Å²) in [6, 6.07) is 8.66. The van der Waals surface area contributed by atoms with Crippen molar-refractivity contribution < 1.29 is 9.18 Å². The Morgan fingerprint density at radius 1 is 1.15 bits per heavy atom. The van der Waals surface area contributed by atoms with Crippen LogP contribution in [0.5, 0.6) is 0 Å². The van der Waals surface area contributed by atoms with Gasteiger partial charge in [-0.1, -0.05) is 18.6 Å². The number of likely N-dealkylation sites (tertiary alicyclic amines) is 1. The van der Waals surface area contributed by atoms with E-state index >= 15 is 0 Å². The summed E-state index contributed by atoms with van der Waals surface area (Å²) in [6.07, 6.45) is 3.59. The number of hydrogen-bond donors (Lipinski definition) is 1. The lowest BCUT2D eigenvalue weighted by molar-refractivity contribution is 0.0923. The molecule has 0 radical (unpaired) electrons. The lowest BCUT2D eigenvalue weighted by atomic mass is 10.0. The molecule has 1 aromatic heterocycles. The van der Waals surface area contributed by atoms with Crippen molar-refractivity contribution in [3.63, 3.8) is 0 Å². The molecule has 0 bridgehead atoms. The molecule has 4 nitrogen and oxygen atoms in total. The number of carbonyl (C=O) groups is 1. The zero-order valence-electron chi connectivity index (χ0n) is 15.9. The van der Waals surface area contributed by atoms with Gasteiger partial charge in [0.05, 0.1) is 11.6 Å². The fraction of sp³-hybridized carbons (Fsp3) is 0.476. The number of aromatic nitrogens is 1. The molecule has 1 saturated heterocycles. The molecule has 1 N–H and O–H groups in total. The topological polar surface area (TPSA) is 37.3 Å². The first-order valence-electron chi connectivity index (χ1n) is 9.38. The van der Waals surface area contributed by atoms with Crippen LogP contribution in [0.4, 0.5) is 4.39 Å². The monoisotopic (exact) mass is 357 g/mol. The largest absolute Gasteiger partial charge is 0.351 e. The van der Waals surface area contributed by atoms with Crippen molar-refractivity contribution in [2.24, 2.45) is 7.05 Å². The molecule has 1 amide bonds. The van der Waals surface area contributed by atoms with E-state index in [2.05, 4.69) is 10.2 Å². The maximum Gasteiger partial charge on any atom is 0.253 e. The van der Waals surface area contributed by atoms with Crippen LogP contribution in [0.2, 0.25) is 0 Å². The molecule has 5 heteroatoms. The standard InChI is InChI=1S/C21H28FN3O/c1-15-13-19(16(2)24(15)3)21(26)23-14-20(25-11-5-4-6-12-25)17-7-9-18(22)10-8-17/h7-10,13,20H,4-6,11-12,14H2,1-3H3,(H,23,26). The van der Waals surface area contributed by atoms with Crippen LogP contribution in [0, 0.1) is 19.7 Å². The Labute approximate surface area is 155 Å². The highest BCUT2D eigenvalue weighted by Crippen LogP contribution is 2.25. The summed E-state index contributed by atoms with van der Waals surface area (Å²) in [7, 11) is 1.97. The molecule has 3 rings (SSSR count). The Morgan fingerprint density at radius 2 is 1.81 bits per heavy atom. The maximum atomic E-state index is 13.3. The molecular formula is C21H28FN3O. The minimum Gasteiger partial charge on any atom is -0.351 e. The average molecular weight is 357 g/mol. The van der Waals surface area contributed by atoms with Crippen molar-refractivity contribution in [1.82, 2.24) is 14.8 Å². The number of carbonyl (C=O) groups excluding carboxylic acids is 1. The Balaban J connectivity index is 1.75.